The van der Waals surface area contributed by atoms with Crippen LogP contribution in [-0.2, 0) is 14.4 Å². The summed E-state index contributed by atoms with van der Waals surface area (Å²) in [6.07, 6.45) is 3.50. The summed E-state index contributed by atoms with van der Waals surface area (Å²) in [7, 11) is 0. The molecule has 0 spiro atoms. The van der Waals surface area contributed by atoms with Gasteiger partial charge in [-0.15, -0.1) is 0 Å². The maximum Gasteiger partial charge on any atom is 0.308 e. The van der Waals surface area contributed by atoms with E-state index in [2.05, 4.69) is 5.32 Å². The minimum absolute atomic E-state index is 0.00310. The molecule has 1 aliphatic rings. The zero-order valence-corrected chi connectivity index (χ0v) is 14.8. The fraction of sp³-hybridized carbons (Fsp3) is 0.150. The molecule has 0 saturated carbocycles. The van der Waals surface area contributed by atoms with Gasteiger partial charge < -0.3 is 19.5 Å². The lowest BCUT2D eigenvalue weighted by Gasteiger charge is -2.17. The van der Waals surface area contributed by atoms with Crippen LogP contribution in [0, 0.1) is 0 Å². The topological polar surface area (TPSA) is 90.9 Å². The average molecular weight is 367 g/mol. The number of hydrogen-bond donors (Lipinski definition) is 1. The Bertz CT molecular complexity index is 947. The van der Waals surface area contributed by atoms with E-state index in [1.54, 1.807) is 42.5 Å². The van der Waals surface area contributed by atoms with E-state index in [4.69, 9.17) is 14.2 Å². The lowest BCUT2D eigenvalue weighted by molar-refractivity contribution is -0.133. The highest BCUT2D eigenvalue weighted by atomic mass is 16.5. The highest BCUT2D eigenvalue weighted by molar-refractivity contribution is 5.96. The number of amides is 1. The first-order valence-electron chi connectivity index (χ1n) is 8.16. The molecule has 2 aromatic rings. The Kier molecular flexibility index (Phi) is 5.21. The second-order valence-electron chi connectivity index (χ2n) is 5.81. The molecule has 2 aromatic carbocycles. The quantitative estimate of drug-likeness (QED) is 0.507. The molecule has 0 aromatic heterocycles. The molecule has 1 heterocycles. The van der Waals surface area contributed by atoms with E-state index in [1.807, 2.05) is 6.07 Å². The van der Waals surface area contributed by atoms with E-state index in [0.717, 1.165) is 5.56 Å². The molecule has 3 rings (SSSR count). The summed E-state index contributed by atoms with van der Waals surface area (Å²) in [6, 6.07) is 10.1. The zero-order valence-electron chi connectivity index (χ0n) is 14.8. The maximum absolute atomic E-state index is 11.4. The molecule has 27 heavy (non-hydrogen) atoms. The van der Waals surface area contributed by atoms with Gasteiger partial charge in [-0.2, -0.15) is 0 Å². The molecule has 7 nitrogen and oxygen atoms in total. The summed E-state index contributed by atoms with van der Waals surface area (Å²) in [5.41, 5.74) is 1.94. The Balaban J connectivity index is 1.90. The third-order valence-electron chi connectivity index (χ3n) is 3.59. The predicted octanol–water partition coefficient (Wildman–Crippen LogP) is 3.04. The van der Waals surface area contributed by atoms with Gasteiger partial charge in [0.05, 0.1) is 5.69 Å². The largest absolute Gasteiger partial charge is 0.482 e. The van der Waals surface area contributed by atoms with E-state index in [-0.39, 0.29) is 12.5 Å². The normalized spacial score (nSPS) is 12.7. The summed E-state index contributed by atoms with van der Waals surface area (Å²) in [5, 5.41) is 2.74. The monoisotopic (exact) mass is 367 g/mol. The second kappa shape index (κ2) is 7.74. The Morgan fingerprint density at radius 2 is 1.81 bits per heavy atom. The van der Waals surface area contributed by atoms with Gasteiger partial charge in [0.2, 0.25) is 0 Å². The number of carbonyl (C=O) groups excluding carboxylic acids is 3. The number of fused-ring (bicyclic) bond motifs is 1. The number of hydrogen-bond acceptors (Lipinski definition) is 6. The van der Waals surface area contributed by atoms with Crippen LogP contribution in [0.1, 0.15) is 25.0 Å². The van der Waals surface area contributed by atoms with Crippen molar-refractivity contribution < 1.29 is 28.6 Å². The summed E-state index contributed by atoms with van der Waals surface area (Å²) < 4.78 is 15.6. The van der Waals surface area contributed by atoms with Gasteiger partial charge in [0.15, 0.2) is 6.61 Å². The lowest BCUT2D eigenvalue weighted by Crippen LogP contribution is -2.25. The molecule has 0 radical (unpaired) electrons. The van der Waals surface area contributed by atoms with E-state index in [0.29, 0.717) is 28.5 Å². The van der Waals surface area contributed by atoms with Gasteiger partial charge in [-0.3, -0.25) is 14.4 Å². The molecule has 0 saturated heterocycles. The second-order valence-corrected chi connectivity index (χ2v) is 5.81. The predicted molar refractivity (Wildman–Crippen MR) is 98.6 cm³/mol. The summed E-state index contributed by atoms with van der Waals surface area (Å²) >= 11 is 0. The minimum Gasteiger partial charge on any atom is -0.482 e. The number of carbonyl (C=O) groups is 3. The molecule has 1 aliphatic heterocycles. The van der Waals surface area contributed by atoms with Crippen molar-refractivity contribution in [3.8, 4) is 17.2 Å². The number of esters is 2. The van der Waals surface area contributed by atoms with Gasteiger partial charge in [0.25, 0.3) is 5.91 Å². The third-order valence-corrected chi connectivity index (χ3v) is 3.59. The van der Waals surface area contributed by atoms with Gasteiger partial charge in [-0.1, -0.05) is 18.2 Å². The van der Waals surface area contributed by atoms with Crippen molar-refractivity contribution in [1.29, 1.82) is 0 Å². The molecule has 1 N–H and O–H groups in total. The molecule has 0 atom stereocenters. The number of anilines is 1. The van der Waals surface area contributed by atoms with Crippen LogP contribution in [-0.4, -0.2) is 24.5 Å². The number of ether oxygens (including phenoxy) is 3. The molecule has 1 amide bonds. The van der Waals surface area contributed by atoms with Crippen LogP contribution in [0.5, 0.6) is 17.2 Å². The van der Waals surface area contributed by atoms with Crippen LogP contribution in [0.3, 0.4) is 0 Å². The summed E-state index contributed by atoms with van der Waals surface area (Å²) in [4.78, 5) is 33.9. The number of benzene rings is 2. The maximum atomic E-state index is 11.4. The molecule has 0 unspecified atom stereocenters. The van der Waals surface area contributed by atoms with Crippen LogP contribution in [0.25, 0.3) is 12.2 Å². The Labute approximate surface area is 155 Å². The van der Waals surface area contributed by atoms with Crippen LogP contribution in [0.4, 0.5) is 5.69 Å². The Morgan fingerprint density at radius 3 is 2.56 bits per heavy atom. The van der Waals surface area contributed by atoms with Gasteiger partial charge in [-0.25, -0.2) is 0 Å². The van der Waals surface area contributed by atoms with Crippen LogP contribution >= 0.6 is 0 Å². The summed E-state index contributed by atoms with van der Waals surface area (Å²) in [5.74, 6) is 0.154. The Hall–Kier alpha value is -3.61. The van der Waals surface area contributed by atoms with Crippen LogP contribution in [0.15, 0.2) is 36.4 Å². The van der Waals surface area contributed by atoms with E-state index in [9.17, 15) is 14.4 Å². The standard InChI is InChI=1S/C20H17NO6/c1-12(22)26-16-6-8-18(27-13(2)23)15(10-16)5-3-14-4-7-19-17(9-14)21-20(24)11-25-19/h3-10H,11H2,1-2H3,(H,21,24). The van der Waals surface area contributed by atoms with Crippen molar-refractivity contribution in [2.75, 3.05) is 11.9 Å². The number of nitrogens with one attached hydrogen (secondary N) is 1. The van der Waals surface area contributed by atoms with Gasteiger partial charge in [-0.05, 0) is 35.9 Å². The van der Waals surface area contributed by atoms with Crippen molar-refractivity contribution in [2.45, 2.75) is 13.8 Å². The van der Waals surface area contributed by atoms with Gasteiger partial charge in [0.1, 0.15) is 17.2 Å². The average Bonchev–Trinajstić information content (AvgIpc) is 2.60. The molecule has 0 aliphatic carbocycles. The van der Waals surface area contributed by atoms with Crippen molar-refractivity contribution in [1.82, 2.24) is 0 Å². The van der Waals surface area contributed by atoms with E-state index in [1.165, 1.54) is 13.8 Å². The summed E-state index contributed by atoms with van der Waals surface area (Å²) in [6.45, 7) is 2.61. The molecule has 138 valence electrons. The van der Waals surface area contributed by atoms with E-state index < -0.39 is 11.9 Å². The molecular formula is C20H17NO6. The van der Waals surface area contributed by atoms with Gasteiger partial charge in [0, 0.05) is 19.4 Å². The zero-order chi connectivity index (χ0) is 19.4. The SMILES string of the molecule is CC(=O)Oc1ccc(OC(C)=O)c(C=Cc2ccc3c(c2)NC(=O)CO3)c1. The Morgan fingerprint density at radius 1 is 1.04 bits per heavy atom. The fourth-order valence-electron chi connectivity index (χ4n) is 2.52. The first-order chi connectivity index (χ1) is 12.9. The first-order valence-corrected chi connectivity index (χ1v) is 8.16. The van der Waals surface area contributed by atoms with Gasteiger partial charge >= 0.3 is 11.9 Å². The van der Waals surface area contributed by atoms with Crippen molar-refractivity contribution in [3.63, 3.8) is 0 Å². The highest BCUT2D eigenvalue weighted by Gasteiger charge is 2.15. The third kappa shape index (κ3) is 4.72. The van der Waals surface area contributed by atoms with Crippen molar-refractivity contribution in [2.24, 2.45) is 0 Å². The minimum atomic E-state index is -0.460. The molecular weight excluding hydrogens is 350 g/mol. The highest BCUT2D eigenvalue weighted by Crippen LogP contribution is 2.30. The first kappa shape index (κ1) is 18.2. The van der Waals surface area contributed by atoms with E-state index >= 15 is 0 Å². The van der Waals surface area contributed by atoms with Crippen LogP contribution < -0.4 is 19.5 Å². The lowest BCUT2D eigenvalue weighted by atomic mass is 10.1. The number of rotatable bonds is 4. The van der Waals surface area contributed by atoms with Crippen molar-refractivity contribution >= 4 is 35.7 Å². The smallest absolute Gasteiger partial charge is 0.308 e. The fourth-order valence-corrected chi connectivity index (χ4v) is 2.52. The molecule has 0 bridgehead atoms. The van der Waals surface area contributed by atoms with Crippen LogP contribution in [0.2, 0.25) is 0 Å². The molecule has 0 fully saturated rings. The molecule has 7 heteroatoms. The van der Waals surface area contributed by atoms with Crippen molar-refractivity contribution in [3.05, 3.63) is 47.5 Å².